The molecule has 0 fully saturated rings. The minimum atomic E-state index is -4.82. The summed E-state index contributed by atoms with van der Waals surface area (Å²) in [6.45, 7) is 11.0. The van der Waals surface area contributed by atoms with Crippen LogP contribution in [0.3, 0.4) is 0 Å². The highest BCUT2D eigenvalue weighted by atomic mass is 31.2. The van der Waals surface area contributed by atoms with Crippen molar-refractivity contribution in [1.82, 2.24) is 10.6 Å². The second-order valence-electron chi connectivity index (χ2n) is 16.9. The van der Waals surface area contributed by atoms with E-state index in [0.717, 1.165) is 38.5 Å². The van der Waals surface area contributed by atoms with Crippen LogP contribution in [0.1, 0.15) is 208 Å². The molecule has 0 aliphatic heterocycles. The molecule has 61 heavy (non-hydrogen) atoms. The Balaban J connectivity index is 5.16. The molecule has 15 heteroatoms. The number of hydrogen-bond donors (Lipinski definition) is 3. The number of carbonyl (C=O) groups is 4. The Labute approximate surface area is 370 Å². The first kappa shape index (κ1) is 58.9. The van der Waals surface area contributed by atoms with Gasteiger partial charge < -0.3 is 34.5 Å². The summed E-state index contributed by atoms with van der Waals surface area (Å²) in [7, 11) is -4.82. The molecule has 0 saturated carbocycles. The van der Waals surface area contributed by atoms with Gasteiger partial charge in [0.1, 0.15) is 13.2 Å². The maximum atomic E-state index is 13.0. The molecule has 360 valence electrons. The third-order valence-electron chi connectivity index (χ3n) is 10.0. The summed E-state index contributed by atoms with van der Waals surface area (Å²) in [4.78, 5) is 60.9. The summed E-state index contributed by atoms with van der Waals surface area (Å²) >= 11 is 0. The Hall–Kier alpha value is -2.09. The number of esters is 4. The van der Waals surface area contributed by atoms with E-state index in [1.54, 1.807) is 0 Å². The highest BCUT2D eigenvalue weighted by Gasteiger charge is 2.29. The topological polar surface area (TPSA) is 185 Å². The van der Waals surface area contributed by atoms with Gasteiger partial charge in [-0.05, 0) is 12.8 Å². The summed E-state index contributed by atoms with van der Waals surface area (Å²) in [5, 5.41) is 6.22. The lowest BCUT2D eigenvalue weighted by Crippen LogP contribution is -2.33. The molecular formula is C46H89N2O12P. The predicted molar refractivity (Wildman–Crippen MR) is 241 cm³/mol. The van der Waals surface area contributed by atoms with Gasteiger partial charge in [0, 0.05) is 38.0 Å². The maximum absolute atomic E-state index is 13.0. The van der Waals surface area contributed by atoms with E-state index < -0.39 is 63.7 Å². The summed E-state index contributed by atoms with van der Waals surface area (Å²) < 4.78 is 45.1. The molecule has 0 aliphatic carbocycles. The molecular weight excluding hydrogens is 803 g/mol. The van der Waals surface area contributed by atoms with Gasteiger partial charge in [-0.1, -0.05) is 170 Å². The molecule has 0 amide bonds. The lowest BCUT2D eigenvalue weighted by atomic mass is 10.1. The lowest BCUT2D eigenvalue weighted by Gasteiger charge is -2.22. The average Bonchev–Trinajstić information content (AvgIpc) is 3.20. The summed E-state index contributed by atoms with van der Waals surface area (Å²) in [5.41, 5.74) is 0. The Morgan fingerprint density at radius 2 is 0.738 bits per heavy atom. The highest BCUT2D eigenvalue weighted by molar-refractivity contribution is 7.47. The molecule has 14 nitrogen and oxygen atoms in total. The maximum Gasteiger partial charge on any atom is 0.472 e. The van der Waals surface area contributed by atoms with Crippen molar-refractivity contribution in [2.24, 2.45) is 0 Å². The van der Waals surface area contributed by atoms with E-state index >= 15 is 0 Å². The van der Waals surface area contributed by atoms with E-state index in [9.17, 15) is 28.6 Å². The van der Waals surface area contributed by atoms with Crippen molar-refractivity contribution in [2.45, 2.75) is 233 Å². The number of phosphoric acid groups is 1. The van der Waals surface area contributed by atoms with Gasteiger partial charge in [0.2, 0.25) is 0 Å². The van der Waals surface area contributed by atoms with Crippen LogP contribution >= 0.6 is 7.82 Å². The van der Waals surface area contributed by atoms with Crippen LogP contribution in [0, 0.1) is 0 Å². The number of unbranched alkanes of at least 4 members (excludes halogenated alkanes) is 20. The normalized spacial score (nSPS) is 13.5. The number of carbonyl (C=O) groups excluding carboxylic acids is 4. The summed E-state index contributed by atoms with van der Waals surface area (Å²) in [5.74, 6) is -2.14. The van der Waals surface area contributed by atoms with Crippen LogP contribution in [0.5, 0.6) is 0 Å². The smallest absolute Gasteiger partial charge is 0.462 e. The van der Waals surface area contributed by atoms with Crippen LogP contribution in [0.15, 0.2) is 0 Å². The Morgan fingerprint density at radius 3 is 1.10 bits per heavy atom. The lowest BCUT2D eigenvalue weighted by molar-refractivity contribution is -0.162. The standard InChI is InChI=1S/C46H89N2O12P/c1-7-9-11-13-15-17-19-21-23-25-27-29-43(49)55-35-41(59-45(51)30-28-26-24-22-20-18-16-14-12-10-8-2)37-57-61(53,54)58-38-42(60-46(52)32-34-48-40(5)6)36-56-44(50)31-33-47-39(3)4/h39-42,47-48H,7-38H2,1-6H3,(H,53,54). The number of phosphoric ester groups is 1. The van der Waals surface area contributed by atoms with E-state index in [1.807, 2.05) is 27.7 Å². The van der Waals surface area contributed by atoms with Crippen LogP contribution in [-0.4, -0.2) is 92.6 Å². The van der Waals surface area contributed by atoms with Gasteiger partial charge in [-0.3, -0.25) is 28.2 Å². The molecule has 3 N–H and O–H groups in total. The molecule has 0 heterocycles. The molecule has 0 rings (SSSR count). The quantitative estimate of drug-likeness (QED) is 0.0227. The zero-order valence-corrected chi connectivity index (χ0v) is 40.2. The van der Waals surface area contributed by atoms with Gasteiger partial charge in [0.15, 0.2) is 12.2 Å². The van der Waals surface area contributed by atoms with Crippen molar-refractivity contribution in [3.8, 4) is 0 Å². The number of rotatable bonds is 44. The van der Waals surface area contributed by atoms with E-state index in [2.05, 4.69) is 24.5 Å². The molecule has 0 aromatic heterocycles. The molecule has 0 aromatic carbocycles. The van der Waals surface area contributed by atoms with Crippen molar-refractivity contribution in [2.75, 3.05) is 39.5 Å². The van der Waals surface area contributed by atoms with Crippen LogP contribution in [0.4, 0.5) is 0 Å². The second kappa shape index (κ2) is 40.7. The van der Waals surface area contributed by atoms with Crippen LogP contribution in [-0.2, 0) is 51.7 Å². The number of nitrogens with one attached hydrogen (secondary N) is 2. The van der Waals surface area contributed by atoms with Crippen LogP contribution in [0.2, 0.25) is 0 Å². The van der Waals surface area contributed by atoms with Crippen molar-refractivity contribution in [3.05, 3.63) is 0 Å². The number of hydrogen-bond acceptors (Lipinski definition) is 13. The number of ether oxygens (including phenoxy) is 4. The van der Waals surface area contributed by atoms with Gasteiger partial charge in [0.25, 0.3) is 0 Å². The van der Waals surface area contributed by atoms with Gasteiger partial charge in [-0.15, -0.1) is 0 Å². The zero-order chi connectivity index (χ0) is 45.4. The molecule has 0 spiro atoms. The monoisotopic (exact) mass is 893 g/mol. The first-order valence-corrected chi connectivity index (χ1v) is 25.6. The van der Waals surface area contributed by atoms with Crippen molar-refractivity contribution >= 4 is 31.7 Å². The average molecular weight is 893 g/mol. The third-order valence-corrected chi connectivity index (χ3v) is 11.0. The van der Waals surface area contributed by atoms with Crippen LogP contribution in [0.25, 0.3) is 0 Å². The fourth-order valence-corrected chi connectivity index (χ4v) is 7.21. The molecule has 0 saturated heterocycles. The largest absolute Gasteiger partial charge is 0.472 e. The second-order valence-corrected chi connectivity index (χ2v) is 18.4. The molecule has 3 unspecified atom stereocenters. The SMILES string of the molecule is CCCCCCCCCCCCCC(=O)OCC(COP(=O)(O)OCC(COC(=O)CCNC(C)C)OC(=O)CCNC(C)C)OC(=O)CCCCCCCCCCCCC. The molecule has 0 radical (unpaired) electrons. The Kier molecular flexibility index (Phi) is 39.3. The minimum Gasteiger partial charge on any atom is -0.462 e. The molecule has 3 atom stereocenters. The van der Waals surface area contributed by atoms with Gasteiger partial charge >= 0.3 is 31.7 Å². The predicted octanol–water partition coefficient (Wildman–Crippen LogP) is 10.2. The first-order valence-electron chi connectivity index (χ1n) is 24.1. The van der Waals surface area contributed by atoms with Crippen molar-refractivity contribution in [1.29, 1.82) is 0 Å². The van der Waals surface area contributed by atoms with Crippen molar-refractivity contribution in [3.63, 3.8) is 0 Å². The third kappa shape index (κ3) is 41.7. The fourth-order valence-electron chi connectivity index (χ4n) is 6.42. The Bertz CT molecular complexity index is 1140. The van der Waals surface area contributed by atoms with Gasteiger partial charge in [0.05, 0.1) is 26.1 Å². The summed E-state index contributed by atoms with van der Waals surface area (Å²) in [6, 6.07) is 0.326. The van der Waals surface area contributed by atoms with Gasteiger partial charge in [-0.2, -0.15) is 0 Å². The first-order chi connectivity index (χ1) is 29.3. The van der Waals surface area contributed by atoms with E-state index in [1.165, 1.54) is 89.9 Å². The van der Waals surface area contributed by atoms with Crippen LogP contribution < -0.4 is 10.6 Å². The molecule has 0 bridgehead atoms. The Morgan fingerprint density at radius 1 is 0.443 bits per heavy atom. The minimum absolute atomic E-state index is 0.0123. The fraction of sp³-hybridized carbons (Fsp3) is 0.913. The van der Waals surface area contributed by atoms with E-state index in [4.69, 9.17) is 28.0 Å². The zero-order valence-electron chi connectivity index (χ0n) is 39.3. The van der Waals surface area contributed by atoms with E-state index in [0.29, 0.717) is 25.9 Å². The van der Waals surface area contributed by atoms with Crippen molar-refractivity contribution < 1.29 is 56.6 Å². The van der Waals surface area contributed by atoms with Gasteiger partial charge in [-0.25, -0.2) is 4.57 Å². The molecule has 0 aromatic rings. The summed E-state index contributed by atoms with van der Waals surface area (Å²) in [6.07, 6.45) is 23.2. The van der Waals surface area contributed by atoms with E-state index in [-0.39, 0.29) is 44.4 Å². The highest BCUT2D eigenvalue weighted by Crippen LogP contribution is 2.43. The molecule has 0 aliphatic rings.